The van der Waals surface area contributed by atoms with Crippen LogP contribution in [0, 0.1) is 0 Å². The maximum atomic E-state index is 5.70. The number of benzene rings is 1. The minimum absolute atomic E-state index is 0. The second kappa shape index (κ2) is 13.2. The van der Waals surface area contributed by atoms with Gasteiger partial charge in [0, 0.05) is 33.4 Å². The monoisotopic (exact) mass is 483 g/mol. The summed E-state index contributed by atoms with van der Waals surface area (Å²) in [5.41, 5.74) is 1.13. The van der Waals surface area contributed by atoms with Gasteiger partial charge in [-0.1, -0.05) is 18.2 Å². The Hall–Kier alpha value is -2.03. The molecular weight excluding hydrogens is 453 g/mol. The highest BCUT2D eigenvalue weighted by molar-refractivity contribution is 14.0. The van der Waals surface area contributed by atoms with Gasteiger partial charge in [0.15, 0.2) is 5.96 Å². The lowest BCUT2D eigenvalue weighted by atomic mass is 10.2. The van der Waals surface area contributed by atoms with Gasteiger partial charge < -0.3 is 20.3 Å². The van der Waals surface area contributed by atoms with Crippen LogP contribution in [0.4, 0.5) is 5.82 Å². The molecule has 1 heterocycles. The van der Waals surface area contributed by atoms with E-state index in [-0.39, 0.29) is 24.0 Å². The number of nitrogens with zero attached hydrogens (tertiary/aromatic N) is 3. The van der Waals surface area contributed by atoms with Crippen LogP contribution in [0.3, 0.4) is 0 Å². The number of ether oxygens (including phenoxy) is 1. The fourth-order valence-electron chi connectivity index (χ4n) is 2.30. The van der Waals surface area contributed by atoms with Crippen LogP contribution >= 0.6 is 24.0 Å². The Labute approximate surface area is 179 Å². The summed E-state index contributed by atoms with van der Waals surface area (Å²) in [6, 6.07) is 13.9. The number of guanidine groups is 1. The molecule has 2 aromatic rings. The summed E-state index contributed by atoms with van der Waals surface area (Å²) in [5.74, 6) is 2.66. The number of aromatic nitrogens is 1. The molecular formula is C20H30IN5O. The molecule has 1 aromatic heterocycles. The molecule has 27 heavy (non-hydrogen) atoms. The molecule has 0 radical (unpaired) electrons. The van der Waals surface area contributed by atoms with Crippen molar-refractivity contribution >= 4 is 35.8 Å². The summed E-state index contributed by atoms with van der Waals surface area (Å²) in [7, 11) is 3.97. The fraction of sp³-hybridized carbons (Fsp3) is 0.400. The van der Waals surface area contributed by atoms with Gasteiger partial charge in [-0.2, -0.15) is 0 Å². The van der Waals surface area contributed by atoms with Gasteiger partial charge in [0.1, 0.15) is 11.6 Å². The van der Waals surface area contributed by atoms with E-state index in [0.717, 1.165) is 42.6 Å². The second-order valence-corrected chi connectivity index (χ2v) is 6.05. The lowest BCUT2D eigenvalue weighted by molar-refractivity contribution is 0.311. The average Bonchev–Trinajstić information content (AvgIpc) is 2.66. The van der Waals surface area contributed by atoms with E-state index in [2.05, 4.69) is 33.6 Å². The highest BCUT2D eigenvalue weighted by Crippen LogP contribution is 2.10. The minimum atomic E-state index is 0. The molecule has 0 aliphatic rings. The van der Waals surface area contributed by atoms with Crippen LogP contribution in [0.15, 0.2) is 53.7 Å². The zero-order valence-corrected chi connectivity index (χ0v) is 18.6. The second-order valence-electron chi connectivity index (χ2n) is 6.05. The molecule has 0 saturated carbocycles. The Morgan fingerprint density at radius 3 is 2.63 bits per heavy atom. The van der Waals surface area contributed by atoms with Crippen molar-refractivity contribution in [1.29, 1.82) is 0 Å². The van der Waals surface area contributed by atoms with E-state index in [9.17, 15) is 0 Å². The largest absolute Gasteiger partial charge is 0.494 e. The third kappa shape index (κ3) is 8.94. The smallest absolute Gasteiger partial charge is 0.191 e. The molecule has 0 fully saturated rings. The molecule has 1 aromatic carbocycles. The summed E-state index contributed by atoms with van der Waals surface area (Å²) in [5, 5.41) is 6.62. The van der Waals surface area contributed by atoms with Crippen molar-refractivity contribution in [1.82, 2.24) is 15.6 Å². The normalized spacial score (nSPS) is 10.7. The van der Waals surface area contributed by atoms with Crippen LogP contribution in [0.2, 0.25) is 0 Å². The number of nitrogens with one attached hydrogen (secondary N) is 2. The fourth-order valence-corrected chi connectivity index (χ4v) is 2.30. The Bertz CT molecular complexity index is 679. The van der Waals surface area contributed by atoms with E-state index in [1.807, 2.05) is 61.6 Å². The molecule has 148 valence electrons. The number of anilines is 1. The van der Waals surface area contributed by atoms with Crippen LogP contribution < -0.4 is 20.3 Å². The minimum Gasteiger partial charge on any atom is -0.494 e. The van der Waals surface area contributed by atoms with Crippen molar-refractivity contribution in [3.8, 4) is 5.75 Å². The molecule has 0 aliphatic carbocycles. The molecule has 2 rings (SSSR count). The summed E-state index contributed by atoms with van der Waals surface area (Å²) in [6.45, 7) is 4.97. The molecule has 0 unspecified atom stereocenters. The third-order valence-electron chi connectivity index (χ3n) is 3.66. The van der Waals surface area contributed by atoms with Crippen LogP contribution in [-0.2, 0) is 6.54 Å². The molecule has 0 saturated heterocycles. The first-order valence-electron chi connectivity index (χ1n) is 9.01. The molecule has 0 atom stereocenters. The van der Waals surface area contributed by atoms with Gasteiger partial charge in [0.25, 0.3) is 0 Å². The highest BCUT2D eigenvalue weighted by Gasteiger charge is 2.01. The predicted molar refractivity (Wildman–Crippen MR) is 123 cm³/mol. The average molecular weight is 483 g/mol. The van der Waals surface area contributed by atoms with Crippen LogP contribution in [0.25, 0.3) is 0 Å². The summed E-state index contributed by atoms with van der Waals surface area (Å²) in [4.78, 5) is 11.0. The number of halogens is 1. The van der Waals surface area contributed by atoms with E-state index in [0.29, 0.717) is 13.2 Å². The summed E-state index contributed by atoms with van der Waals surface area (Å²) in [6.07, 6.45) is 2.72. The highest BCUT2D eigenvalue weighted by atomic mass is 127. The van der Waals surface area contributed by atoms with Gasteiger partial charge in [-0.3, -0.25) is 0 Å². The lowest BCUT2D eigenvalue weighted by Gasteiger charge is -2.13. The molecule has 2 N–H and O–H groups in total. The molecule has 0 spiro atoms. The number of hydrogen-bond donors (Lipinski definition) is 2. The SMILES string of the molecule is CCNC(=NCc1ccnc(N(C)C)c1)NCCCOc1ccccc1.I. The van der Waals surface area contributed by atoms with E-state index in [1.54, 1.807) is 0 Å². The van der Waals surface area contributed by atoms with Crippen LogP contribution in [0.1, 0.15) is 18.9 Å². The molecule has 7 heteroatoms. The number of rotatable bonds is 9. The van der Waals surface area contributed by atoms with Crippen LogP contribution in [0.5, 0.6) is 5.75 Å². The number of hydrogen-bond acceptors (Lipinski definition) is 4. The Morgan fingerprint density at radius 1 is 1.15 bits per heavy atom. The van der Waals surface area contributed by atoms with E-state index in [4.69, 9.17) is 4.74 Å². The van der Waals surface area contributed by atoms with Crippen molar-refractivity contribution in [3.63, 3.8) is 0 Å². The molecule has 0 amide bonds. The zero-order valence-electron chi connectivity index (χ0n) is 16.3. The lowest BCUT2D eigenvalue weighted by Crippen LogP contribution is -2.38. The number of aliphatic imine (C=N–C) groups is 1. The molecule has 6 nitrogen and oxygen atoms in total. The molecule has 0 aliphatic heterocycles. The van der Waals surface area contributed by atoms with Gasteiger partial charge in [-0.25, -0.2) is 9.98 Å². The van der Waals surface area contributed by atoms with Gasteiger partial charge in [0.2, 0.25) is 0 Å². The van der Waals surface area contributed by atoms with Crippen molar-refractivity contribution in [2.24, 2.45) is 4.99 Å². The Morgan fingerprint density at radius 2 is 1.93 bits per heavy atom. The van der Waals surface area contributed by atoms with Gasteiger partial charge in [-0.05, 0) is 43.2 Å². The van der Waals surface area contributed by atoms with Gasteiger partial charge >= 0.3 is 0 Å². The summed E-state index contributed by atoms with van der Waals surface area (Å²) >= 11 is 0. The van der Waals surface area contributed by atoms with Gasteiger partial charge in [-0.15, -0.1) is 24.0 Å². The quantitative estimate of drug-likeness (QED) is 0.248. The van der Waals surface area contributed by atoms with Crippen molar-refractivity contribution < 1.29 is 4.74 Å². The topological polar surface area (TPSA) is 61.8 Å². The Balaban J connectivity index is 0.00000364. The van der Waals surface area contributed by atoms with E-state index >= 15 is 0 Å². The van der Waals surface area contributed by atoms with E-state index < -0.39 is 0 Å². The standard InChI is InChI=1S/C20H29N5O.HI/c1-4-21-20(23-12-8-14-26-18-9-6-5-7-10-18)24-16-17-11-13-22-19(15-17)25(2)3;/h5-7,9-11,13,15H,4,8,12,14,16H2,1-3H3,(H2,21,23,24);1H. The first kappa shape index (κ1) is 23.0. The van der Waals surface area contributed by atoms with Gasteiger partial charge in [0.05, 0.1) is 13.2 Å². The first-order chi connectivity index (χ1) is 12.7. The van der Waals surface area contributed by atoms with Crippen molar-refractivity contribution in [2.75, 3.05) is 38.7 Å². The van der Waals surface area contributed by atoms with Crippen LogP contribution in [-0.4, -0.2) is 44.7 Å². The van der Waals surface area contributed by atoms with E-state index in [1.165, 1.54) is 0 Å². The van der Waals surface area contributed by atoms with Crippen molar-refractivity contribution in [2.45, 2.75) is 19.9 Å². The molecule has 0 bridgehead atoms. The maximum absolute atomic E-state index is 5.70. The Kier molecular flexibility index (Phi) is 11.2. The predicted octanol–water partition coefficient (Wildman–Crippen LogP) is 3.29. The first-order valence-corrected chi connectivity index (χ1v) is 9.01. The third-order valence-corrected chi connectivity index (χ3v) is 3.66. The number of para-hydroxylation sites is 1. The van der Waals surface area contributed by atoms with Crippen molar-refractivity contribution in [3.05, 3.63) is 54.2 Å². The maximum Gasteiger partial charge on any atom is 0.191 e. The number of pyridine rings is 1. The zero-order chi connectivity index (χ0) is 18.6. The summed E-state index contributed by atoms with van der Waals surface area (Å²) < 4.78 is 5.70.